The molecular weight excluding hydrogens is 258 g/mol. The van der Waals surface area contributed by atoms with E-state index < -0.39 is 0 Å². The van der Waals surface area contributed by atoms with Crippen molar-refractivity contribution in [1.29, 1.82) is 0 Å². The number of hydrogen-bond donors (Lipinski definition) is 1. The van der Waals surface area contributed by atoms with Gasteiger partial charge in [-0.3, -0.25) is 0 Å². The zero-order valence-electron chi connectivity index (χ0n) is 11.5. The average molecular weight is 275 g/mol. The van der Waals surface area contributed by atoms with E-state index in [9.17, 15) is 4.79 Å². The Kier molecular flexibility index (Phi) is 3.36. The normalized spacial score (nSPS) is 24.2. The van der Waals surface area contributed by atoms with Crippen molar-refractivity contribution < 1.29 is 19.0 Å². The zero-order valence-corrected chi connectivity index (χ0v) is 11.5. The summed E-state index contributed by atoms with van der Waals surface area (Å²) >= 11 is 0. The fourth-order valence-corrected chi connectivity index (χ4v) is 2.77. The summed E-state index contributed by atoms with van der Waals surface area (Å²) in [7, 11) is 3.25. The Morgan fingerprint density at radius 3 is 2.65 bits per heavy atom. The second-order valence-corrected chi connectivity index (χ2v) is 4.85. The van der Waals surface area contributed by atoms with Crippen LogP contribution in [0.2, 0.25) is 0 Å². The monoisotopic (exact) mass is 275 g/mol. The number of benzene rings is 1. The molecule has 5 heteroatoms. The molecule has 0 saturated carbocycles. The number of nitrogens with one attached hydrogen (secondary N) is 1. The van der Waals surface area contributed by atoms with E-state index in [4.69, 9.17) is 14.2 Å². The maximum absolute atomic E-state index is 11.3. The minimum absolute atomic E-state index is 0.0405. The van der Waals surface area contributed by atoms with Gasteiger partial charge in [0, 0.05) is 6.08 Å². The fourth-order valence-electron chi connectivity index (χ4n) is 2.77. The lowest BCUT2D eigenvalue weighted by atomic mass is 9.90. The van der Waals surface area contributed by atoms with Crippen LogP contribution >= 0.6 is 0 Å². The van der Waals surface area contributed by atoms with E-state index in [2.05, 4.69) is 5.32 Å². The molecule has 0 bridgehead atoms. The summed E-state index contributed by atoms with van der Waals surface area (Å²) in [5.74, 6) is 1.13. The van der Waals surface area contributed by atoms with E-state index in [0.29, 0.717) is 5.75 Å². The maximum Gasteiger partial charge on any atom is 0.331 e. The molecule has 2 heterocycles. The molecule has 1 aromatic carbocycles. The molecule has 2 atom stereocenters. The molecule has 5 nitrogen and oxygen atoms in total. The van der Waals surface area contributed by atoms with Crippen molar-refractivity contribution in [2.45, 2.75) is 18.6 Å². The molecule has 2 aliphatic heterocycles. The average Bonchev–Trinajstić information content (AvgIpc) is 2.91. The Morgan fingerprint density at radius 2 is 2.00 bits per heavy atom. The zero-order chi connectivity index (χ0) is 14.1. The first kappa shape index (κ1) is 13.0. The minimum Gasteiger partial charge on any atom is -0.493 e. The van der Waals surface area contributed by atoms with Gasteiger partial charge in [0.25, 0.3) is 0 Å². The molecule has 0 amide bonds. The van der Waals surface area contributed by atoms with Gasteiger partial charge in [0.2, 0.25) is 0 Å². The first-order valence-electron chi connectivity index (χ1n) is 6.60. The smallest absolute Gasteiger partial charge is 0.331 e. The van der Waals surface area contributed by atoms with Crippen molar-refractivity contribution in [1.82, 2.24) is 5.32 Å². The highest BCUT2D eigenvalue weighted by Gasteiger charge is 2.32. The number of fused-ring (bicyclic) bond motifs is 1. The lowest BCUT2D eigenvalue weighted by molar-refractivity contribution is -0.139. The Bertz CT molecular complexity index is 567. The number of ether oxygens (including phenoxy) is 3. The quantitative estimate of drug-likeness (QED) is 0.844. The van der Waals surface area contributed by atoms with Crippen LogP contribution in [0, 0.1) is 0 Å². The van der Waals surface area contributed by atoms with Gasteiger partial charge in [-0.2, -0.15) is 0 Å². The maximum atomic E-state index is 11.3. The topological polar surface area (TPSA) is 56.8 Å². The predicted octanol–water partition coefficient (Wildman–Crippen LogP) is 1.37. The van der Waals surface area contributed by atoms with Crippen LogP contribution in [0.1, 0.15) is 17.2 Å². The van der Waals surface area contributed by atoms with Crippen LogP contribution in [0.25, 0.3) is 0 Å². The molecular formula is C15H17NO4. The summed E-state index contributed by atoms with van der Waals surface area (Å²) in [4.78, 5) is 11.3. The van der Waals surface area contributed by atoms with E-state index in [1.54, 1.807) is 20.3 Å². The highest BCUT2D eigenvalue weighted by atomic mass is 16.5. The molecule has 1 N–H and O–H groups in total. The van der Waals surface area contributed by atoms with Crippen molar-refractivity contribution in [3.8, 4) is 11.5 Å². The van der Waals surface area contributed by atoms with Gasteiger partial charge in [0.15, 0.2) is 11.5 Å². The van der Waals surface area contributed by atoms with E-state index in [-0.39, 0.29) is 18.1 Å². The number of carbonyl (C=O) groups excluding carboxylic acids is 1. The summed E-state index contributed by atoms with van der Waals surface area (Å²) < 4.78 is 16.0. The van der Waals surface area contributed by atoms with Crippen LogP contribution in [0.4, 0.5) is 0 Å². The Balaban J connectivity index is 1.99. The van der Waals surface area contributed by atoms with Gasteiger partial charge in [-0.15, -0.1) is 0 Å². The lowest BCUT2D eigenvalue weighted by Gasteiger charge is -2.30. The van der Waals surface area contributed by atoms with Crippen molar-refractivity contribution >= 4 is 5.97 Å². The van der Waals surface area contributed by atoms with Crippen LogP contribution in [-0.2, 0) is 16.0 Å². The SMILES string of the molecule is COc1cc2c(cc1OC)C(C1C=CC(=O)O1)NCC2. The highest BCUT2D eigenvalue weighted by molar-refractivity contribution is 5.84. The molecule has 0 saturated heterocycles. The highest BCUT2D eigenvalue weighted by Crippen LogP contribution is 2.37. The van der Waals surface area contributed by atoms with Crippen LogP contribution in [0.15, 0.2) is 24.3 Å². The Hall–Kier alpha value is -2.01. The van der Waals surface area contributed by atoms with Crippen LogP contribution in [0.5, 0.6) is 11.5 Å². The van der Waals surface area contributed by atoms with E-state index in [1.165, 1.54) is 11.6 Å². The summed E-state index contributed by atoms with van der Waals surface area (Å²) in [6.07, 6.45) is 3.92. The molecule has 1 aromatic rings. The molecule has 20 heavy (non-hydrogen) atoms. The molecule has 0 fully saturated rings. The molecule has 0 aliphatic carbocycles. The van der Waals surface area contributed by atoms with E-state index in [0.717, 1.165) is 24.3 Å². The van der Waals surface area contributed by atoms with E-state index >= 15 is 0 Å². The standard InChI is InChI=1S/C15H17NO4/c1-18-12-7-9-5-6-16-15(10(9)8-13(12)19-2)11-3-4-14(17)20-11/h3-4,7-8,11,15-16H,5-6H2,1-2H3. The van der Waals surface area contributed by atoms with E-state index in [1.807, 2.05) is 12.1 Å². The summed E-state index contributed by atoms with van der Waals surface area (Å²) in [5.41, 5.74) is 2.29. The third-order valence-electron chi connectivity index (χ3n) is 3.74. The Morgan fingerprint density at radius 1 is 1.25 bits per heavy atom. The predicted molar refractivity (Wildman–Crippen MR) is 73.0 cm³/mol. The molecule has 106 valence electrons. The number of hydrogen-bond acceptors (Lipinski definition) is 5. The molecule has 3 rings (SSSR count). The first-order chi connectivity index (χ1) is 9.72. The van der Waals surface area contributed by atoms with Crippen molar-refractivity contribution in [2.75, 3.05) is 20.8 Å². The molecule has 2 unspecified atom stereocenters. The van der Waals surface area contributed by atoms with Crippen LogP contribution in [0.3, 0.4) is 0 Å². The third kappa shape index (κ3) is 2.14. The third-order valence-corrected chi connectivity index (χ3v) is 3.74. The molecule has 0 aromatic heterocycles. The molecule has 0 radical (unpaired) electrons. The van der Waals surface area contributed by atoms with Crippen molar-refractivity contribution in [3.05, 3.63) is 35.4 Å². The summed E-state index contributed by atoms with van der Waals surface area (Å²) in [5, 5.41) is 3.40. The van der Waals surface area contributed by atoms with Gasteiger partial charge < -0.3 is 19.5 Å². The summed E-state index contributed by atoms with van der Waals surface area (Å²) in [6.45, 7) is 0.842. The minimum atomic E-state index is -0.288. The van der Waals surface area contributed by atoms with Crippen molar-refractivity contribution in [2.24, 2.45) is 0 Å². The number of esters is 1. The van der Waals surface area contributed by atoms with Gasteiger partial charge >= 0.3 is 5.97 Å². The van der Waals surface area contributed by atoms with Gasteiger partial charge in [-0.25, -0.2) is 4.79 Å². The van der Waals surface area contributed by atoms with Gasteiger partial charge in [0.1, 0.15) is 6.10 Å². The lowest BCUT2D eigenvalue weighted by Crippen LogP contribution is -2.37. The number of carbonyl (C=O) groups is 1. The fraction of sp³-hybridized carbons (Fsp3) is 0.400. The molecule has 2 aliphatic rings. The summed E-state index contributed by atoms with van der Waals surface area (Å²) in [6, 6.07) is 3.93. The number of methoxy groups -OCH3 is 2. The number of rotatable bonds is 3. The Labute approximate surface area is 117 Å². The largest absolute Gasteiger partial charge is 0.493 e. The van der Waals surface area contributed by atoms with Gasteiger partial charge in [-0.1, -0.05) is 0 Å². The molecule has 0 spiro atoms. The van der Waals surface area contributed by atoms with Crippen LogP contribution in [-0.4, -0.2) is 32.8 Å². The van der Waals surface area contributed by atoms with Crippen LogP contribution < -0.4 is 14.8 Å². The van der Waals surface area contributed by atoms with Gasteiger partial charge in [-0.05, 0) is 42.3 Å². The number of cyclic esters (lactones) is 1. The van der Waals surface area contributed by atoms with Crippen molar-refractivity contribution in [3.63, 3.8) is 0 Å². The second-order valence-electron chi connectivity index (χ2n) is 4.85. The van der Waals surface area contributed by atoms with Gasteiger partial charge in [0.05, 0.1) is 20.3 Å². The second kappa shape index (κ2) is 5.17. The first-order valence-corrected chi connectivity index (χ1v) is 6.60.